The van der Waals surface area contributed by atoms with E-state index in [9.17, 15) is 27.5 Å². The van der Waals surface area contributed by atoms with Crippen molar-refractivity contribution in [3.8, 4) is 5.75 Å². The SMILES string of the molecule is CCN(CCO)S(=O)(=O)CC(=O)c1nc(CN(CCCc2cccc(F)c2)C(=O)C2(c3ccc(OC)cc3)CC2)sc1C. The maximum absolute atomic E-state index is 14.1. The van der Waals surface area contributed by atoms with E-state index in [-0.39, 0.29) is 43.7 Å². The number of aliphatic hydroxyl groups excluding tert-OH is 1. The van der Waals surface area contributed by atoms with Crippen LogP contribution in [0.4, 0.5) is 4.39 Å². The van der Waals surface area contributed by atoms with Gasteiger partial charge in [-0.25, -0.2) is 17.8 Å². The van der Waals surface area contributed by atoms with Crippen molar-refractivity contribution in [2.24, 2.45) is 0 Å². The first-order valence-corrected chi connectivity index (χ1v) is 16.7. The Hall–Kier alpha value is -3.19. The molecule has 1 aliphatic rings. The van der Waals surface area contributed by atoms with Crippen molar-refractivity contribution < 1.29 is 32.2 Å². The highest BCUT2D eigenvalue weighted by molar-refractivity contribution is 7.89. The molecule has 12 heteroatoms. The molecular weight excluding hydrogens is 593 g/mol. The molecule has 1 aromatic heterocycles. The number of carbonyl (C=O) groups excluding carboxylic acids is 2. The number of benzene rings is 2. The second kappa shape index (κ2) is 14.1. The maximum atomic E-state index is 14.1. The zero-order valence-electron chi connectivity index (χ0n) is 24.7. The molecule has 1 amide bonds. The Kier molecular flexibility index (Phi) is 10.7. The number of sulfonamides is 1. The lowest BCUT2D eigenvalue weighted by molar-refractivity contribution is -0.134. The monoisotopic (exact) mass is 631 g/mol. The molecule has 1 aliphatic carbocycles. The van der Waals surface area contributed by atoms with E-state index in [2.05, 4.69) is 4.98 Å². The van der Waals surface area contributed by atoms with Crippen molar-refractivity contribution in [3.05, 3.63) is 81.1 Å². The highest BCUT2D eigenvalue weighted by atomic mass is 32.2. The van der Waals surface area contributed by atoms with E-state index >= 15 is 0 Å². The van der Waals surface area contributed by atoms with Gasteiger partial charge in [0.15, 0.2) is 5.78 Å². The molecule has 1 saturated carbocycles. The van der Waals surface area contributed by atoms with E-state index in [1.54, 1.807) is 31.9 Å². The van der Waals surface area contributed by atoms with Crippen LogP contribution in [0.2, 0.25) is 0 Å². The molecule has 0 aliphatic heterocycles. The number of amides is 1. The topological polar surface area (TPSA) is 117 Å². The van der Waals surface area contributed by atoms with Gasteiger partial charge in [0.05, 0.1) is 25.7 Å². The van der Waals surface area contributed by atoms with Crippen LogP contribution in [0.3, 0.4) is 0 Å². The highest BCUT2D eigenvalue weighted by Gasteiger charge is 2.53. The lowest BCUT2D eigenvalue weighted by Gasteiger charge is -2.27. The summed E-state index contributed by atoms with van der Waals surface area (Å²) in [5.74, 6) is -1.02. The van der Waals surface area contributed by atoms with Crippen LogP contribution in [0.5, 0.6) is 5.75 Å². The van der Waals surface area contributed by atoms with Crippen LogP contribution >= 0.6 is 11.3 Å². The third-order valence-electron chi connectivity index (χ3n) is 7.71. The highest BCUT2D eigenvalue weighted by Crippen LogP contribution is 2.50. The predicted molar refractivity (Wildman–Crippen MR) is 163 cm³/mol. The smallest absolute Gasteiger partial charge is 0.233 e. The summed E-state index contributed by atoms with van der Waals surface area (Å²) in [5.41, 5.74) is 1.17. The number of halogens is 1. The average molecular weight is 632 g/mol. The lowest BCUT2D eigenvalue weighted by Crippen LogP contribution is -2.39. The molecule has 2 aromatic carbocycles. The summed E-state index contributed by atoms with van der Waals surface area (Å²) in [6.07, 6.45) is 2.59. The second-order valence-electron chi connectivity index (χ2n) is 10.7. The molecule has 0 bridgehead atoms. The minimum absolute atomic E-state index is 0.0391. The Morgan fingerprint density at radius 3 is 2.47 bits per heavy atom. The van der Waals surface area contributed by atoms with E-state index < -0.39 is 27.0 Å². The predicted octanol–water partition coefficient (Wildman–Crippen LogP) is 4.12. The number of hydrogen-bond acceptors (Lipinski definition) is 8. The van der Waals surface area contributed by atoms with Crippen LogP contribution in [0.1, 0.15) is 57.7 Å². The van der Waals surface area contributed by atoms with Gasteiger partial charge < -0.3 is 14.7 Å². The van der Waals surface area contributed by atoms with Gasteiger partial charge in [0.2, 0.25) is 15.9 Å². The van der Waals surface area contributed by atoms with Gasteiger partial charge in [-0.15, -0.1) is 11.3 Å². The van der Waals surface area contributed by atoms with Crippen molar-refractivity contribution in [1.82, 2.24) is 14.2 Å². The number of ketones is 1. The molecule has 0 atom stereocenters. The zero-order valence-corrected chi connectivity index (χ0v) is 26.3. The molecular formula is C31H38FN3O6S2. The Morgan fingerprint density at radius 2 is 1.86 bits per heavy atom. The lowest BCUT2D eigenvalue weighted by atomic mass is 9.94. The fourth-order valence-corrected chi connectivity index (χ4v) is 7.63. The minimum Gasteiger partial charge on any atom is -0.497 e. The number of aromatic nitrogens is 1. The third-order valence-corrected chi connectivity index (χ3v) is 10.5. The molecule has 1 fully saturated rings. The first-order chi connectivity index (χ1) is 20.5. The van der Waals surface area contributed by atoms with E-state index in [1.807, 2.05) is 30.3 Å². The van der Waals surface area contributed by atoms with E-state index in [4.69, 9.17) is 4.74 Å². The fraction of sp³-hybridized carbons (Fsp3) is 0.452. The van der Waals surface area contributed by atoms with Gasteiger partial charge in [-0.2, -0.15) is 4.31 Å². The first kappa shape index (κ1) is 32.7. The Bertz CT molecular complexity index is 1540. The van der Waals surface area contributed by atoms with Crippen LogP contribution in [-0.2, 0) is 33.2 Å². The van der Waals surface area contributed by atoms with Crippen LogP contribution < -0.4 is 4.74 Å². The zero-order chi connectivity index (χ0) is 31.2. The Balaban J connectivity index is 1.54. The number of aliphatic hydroxyl groups is 1. The van der Waals surface area contributed by atoms with Crippen LogP contribution in [0.25, 0.3) is 0 Å². The van der Waals surface area contributed by atoms with Crippen molar-refractivity contribution in [2.45, 2.75) is 51.5 Å². The molecule has 0 unspecified atom stereocenters. The van der Waals surface area contributed by atoms with Gasteiger partial charge in [0.1, 0.15) is 28.0 Å². The van der Waals surface area contributed by atoms with Crippen LogP contribution in [0.15, 0.2) is 48.5 Å². The van der Waals surface area contributed by atoms with Crippen molar-refractivity contribution in [1.29, 1.82) is 0 Å². The molecule has 1 N–H and O–H groups in total. The van der Waals surface area contributed by atoms with Crippen LogP contribution in [0, 0.1) is 12.7 Å². The van der Waals surface area contributed by atoms with Crippen LogP contribution in [-0.4, -0.2) is 78.5 Å². The molecule has 9 nitrogen and oxygen atoms in total. The van der Waals surface area contributed by atoms with Crippen molar-refractivity contribution in [3.63, 3.8) is 0 Å². The number of carbonyl (C=O) groups is 2. The molecule has 4 rings (SSSR count). The number of aryl methyl sites for hydroxylation is 2. The number of hydrogen-bond donors (Lipinski definition) is 1. The first-order valence-electron chi connectivity index (χ1n) is 14.3. The van der Waals surface area contributed by atoms with E-state index in [0.29, 0.717) is 47.9 Å². The van der Waals surface area contributed by atoms with Gasteiger partial charge in [-0.1, -0.05) is 31.2 Å². The molecule has 0 radical (unpaired) electrons. The second-order valence-corrected chi connectivity index (χ2v) is 13.9. The fourth-order valence-electron chi connectivity index (χ4n) is 5.25. The Labute approximate surface area is 256 Å². The summed E-state index contributed by atoms with van der Waals surface area (Å²) in [7, 11) is -2.34. The maximum Gasteiger partial charge on any atom is 0.233 e. The standard InChI is InChI=1S/C31H38FN3O6S2/c1-4-35(17-18-36)43(39,40)21-27(37)29-22(2)42-28(33-29)20-34(16-6-8-23-7-5-9-25(32)19-23)30(38)31(14-15-31)24-10-12-26(41-3)13-11-24/h5,7,9-13,19,36H,4,6,8,14-18,20-21H2,1-3H3. The molecule has 1 heterocycles. The van der Waals surface area contributed by atoms with Crippen molar-refractivity contribution in [2.75, 3.05) is 39.1 Å². The molecule has 232 valence electrons. The minimum atomic E-state index is -3.93. The third kappa shape index (κ3) is 7.86. The summed E-state index contributed by atoms with van der Waals surface area (Å²) in [6, 6.07) is 13.9. The molecule has 43 heavy (non-hydrogen) atoms. The normalized spacial score (nSPS) is 14.1. The summed E-state index contributed by atoms with van der Waals surface area (Å²) in [6.45, 7) is 3.62. The number of ether oxygens (including phenoxy) is 1. The summed E-state index contributed by atoms with van der Waals surface area (Å²) in [5, 5.41) is 9.73. The number of rotatable bonds is 16. The van der Waals surface area contributed by atoms with Gasteiger partial charge in [0, 0.05) is 24.5 Å². The van der Waals surface area contributed by atoms with Crippen molar-refractivity contribution >= 4 is 33.1 Å². The number of nitrogens with zero attached hydrogens (tertiary/aromatic N) is 3. The number of thiazole rings is 1. The van der Waals surface area contributed by atoms with E-state index in [0.717, 1.165) is 15.4 Å². The number of Topliss-reactive ketones (excluding diaryl/α,β-unsaturated/α-hetero) is 1. The van der Waals surface area contributed by atoms with E-state index in [1.165, 1.54) is 23.5 Å². The number of likely N-dealkylation sites (N-methyl/N-ethyl adjacent to an activating group) is 1. The number of methoxy groups -OCH3 is 1. The quantitative estimate of drug-likeness (QED) is 0.237. The molecule has 0 spiro atoms. The largest absolute Gasteiger partial charge is 0.497 e. The summed E-state index contributed by atoms with van der Waals surface area (Å²) in [4.78, 5) is 34.0. The van der Waals surface area contributed by atoms with Gasteiger partial charge in [-0.3, -0.25) is 9.59 Å². The van der Waals surface area contributed by atoms with Gasteiger partial charge >= 0.3 is 0 Å². The Morgan fingerprint density at radius 1 is 1.14 bits per heavy atom. The molecule has 3 aromatic rings. The summed E-state index contributed by atoms with van der Waals surface area (Å²) < 4.78 is 45.6. The summed E-state index contributed by atoms with van der Waals surface area (Å²) >= 11 is 1.26. The van der Waals surface area contributed by atoms with Gasteiger partial charge in [0.25, 0.3) is 0 Å². The van der Waals surface area contributed by atoms with Gasteiger partial charge in [-0.05, 0) is 68.0 Å². The molecule has 0 saturated heterocycles. The average Bonchev–Trinajstić information content (AvgIpc) is 3.71.